The van der Waals surface area contributed by atoms with E-state index in [-0.39, 0.29) is 11.9 Å². The smallest absolute Gasteiger partial charge is 0.253 e. The number of halogens is 1. The lowest BCUT2D eigenvalue weighted by molar-refractivity contribution is -0.106. The molecule has 2 aliphatic rings. The van der Waals surface area contributed by atoms with Gasteiger partial charge in [0.15, 0.2) is 0 Å². The Morgan fingerprint density at radius 3 is 2.51 bits per heavy atom. The van der Waals surface area contributed by atoms with Gasteiger partial charge in [-0.2, -0.15) is 5.10 Å². The third kappa shape index (κ3) is 7.61. The van der Waals surface area contributed by atoms with Crippen LogP contribution in [0.1, 0.15) is 47.4 Å². The minimum absolute atomic E-state index is 0.116. The van der Waals surface area contributed by atoms with Gasteiger partial charge in [0.1, 0.15) is 0 Å². The zero-order valence-corrected chi connectivity index (χ0v) is 28.2. The van der Waals surface area contributed by atoms with Crippen LogP contribution >= 0.6 is 11.6 Å². The van der Waals surface area contributed by atoms with E-state index in [9.17, 15) is 9.59 Å². The fraction of sp³-hybridized carbons (Fsp3) is 0.444. The number of fused-ring (bicyclic) bond motifs is 1. The van der Waals surface area contributed by atoms with Crippen molar-refractivity contribution < 1.29 is 14.3 Å². The van der Waals surface area contributed by atoms with E-state index in [0.29, 0.717) is 22.2 Å². The number of para-hydroxylation sites is 2. The highest BCUT2D eigenvalue weighted by atomic mass is 35.5. The van der Waals surface area contributed by atoms with Crippen LogP contribution in [0, 0.1) is 19.8 Å². The molecule has 4 aromatic rings. The first-order valence-electron chi connectivity index (χ1n) is 16.6. The van der Waals surface area contributed by atoms with E-state index in [1.807, 2.05) is 38.1 Å². The van der Waals surface area contributed by atoms with Crippen LogP contribution in [-0.4, -0.2) is 84.5 Å². The van der Waals surface area contributed by atoms with E-state index in [2.05, 4.69) is 50.0 Å². The molecule has 2 aromatic heterocycles. The van der Waals surface area contributed by atoms with Crippen molar-refractivity contribution in [1.82, 2.24) is 25.0 Å². The molecule has 1 aliphatic heterocycles. The third-order valence-electron chi connectivity index (χ3n) is 9.60. The lowest BCUT2D eigenvalue weighted by atomic mass is 9.85. The molecule has 11 heteroatoms. The van der Waals surface area contributed by atoms with Crippen LogP contribution in [0.2, 0.25) is 5.02 Å². The molecule has 0 radical (unpaired) electrons. The number of rotatable bonds is 11. The monoisotopic (exact) mass is 657 g/mol. The quantitative estimate of drug-likeness (QED) is 0.205. The molecule has 0 atom stereocenters. The number of anilines is 3. The Hall–Kier alpha value is -3.99. The van der Waals surface area contributed by atoms with Crippen molar-refractivity contribution in [3.05, 3.63) is 76.7 Å². The minimum Gasteiger partial charge on any atom is -0.379 e. The van der Waals surface area contributed by atoms with Crippen molar-refractivity contribution in [3.63, 3.8) is 0 Å². The third-order valence-corrected chi connectivity index (χ3v) is 9.81. The summed E-state index contributed by atoms with van der Waals surface area (Å²) in [6.45, 7) is 9.91. The predicted molar refractivity (Wildman–Crippen MR) is 187 cm³/mol. The Morgan fingerprint density at radius 2 is 1.77 bits per heavy atom. The fourth-order valence-electron chi connectivity index (χ4n) is 6.93. The standard InChI is InChI=1S/C36H44ClN7O3/c1-25-32(20-28(37)22-38-25)36(46)39-29-10-8-27(9-11-29)23-41(3)34-6-4-5-7-35(34)43(24-45)30-12-13-33-31(21-30)26(2)40-44(33)15-14-42-16-18-47-19-17-42/h4-7,12-13,20-22,24,27,29H,8-11,14-19,23H2,1-3H3,(H,39,46)/t27-,29-. The Balaban J connectivity index is 1.10. The Morgan fingerprint density at radius 1 is 1.02 bits per heavy atom. The van der Waals surface area contributed by atoms with Crippen molar-refractivity contribution >= 4 is 51.9 Å². The van der Waals surface area contributed by atoms with Gasteiger partial charge in [-0.3, -0.25) is 29.1 Å². The van der Waals surface area contributed by atoms with Crippen molar-refractivity contribution in [1.29, 1.82) is 0 Å². The second-order valence-electron chi connectivity index (χ2n) is 12.8. The highest BCUT2D eigenvalue weighted by Gasteiger charge is 2.26. The SMILES string of the molecule is Cc1ncc(Cl)cc1C(=O)N[C@H]1CC[C@H](CN(C)c2ccccc2N(C=O)c2ccc3c(c2)c(C)nn3CCN2CCOCC2)CC1. The highest BCUT2D eigenvalue weighted by Crippen LogP contribution is 2.36. The summed E-state index contributed by atoms with van der Waals surface area (Å²) in [4.78, 5) is 36.2. The number of aryl methyl sites for hydroxylation is 2. The number of morpholine rings is 1. The maximum atomic E-state index is 12.9. The molecule has 0 unspecified atom stereocenters. The number of hydrogen-bond donors (Lipinski definition) is 1. The van der Waals surface area contributed by atoms with Gasteiger partial charge >= 0.3 is 0 Å². The largest absolute Gasteiger partial charge is 0.379 e. The van der Waals surface area contributed by atoms with Gasteiger partial charge in [0, 0.05) is 56.5 Å². The number of nitrogens with one attached hydrogen (secondary N) is 1. The first-order valence-corrected chi connectivity index (χ1v) is 16.9. The molecule has 1 N–H and O–H groups in total. The predicted octanol–water partition coefficient (Wildman–Crippen LogP) is 5.75. The van der Waals surface area contributed by atoms with Crippen LogP contribution in [0.15, 0.2) is 54.7 Å². The topological polar surface area (TPSA) is 95.8 Å². The zero-order valence-electron chi connectivity index (χ0n) is 27.5. The number of aromatic nitrogens is 3. The molecule has 0 bridgehead atoms. The van der Waals surface area contributed by atoms with Crippen molar-refractivity contribution in [2.75, 3.05) is 56.2 Å². The van der Waals surface area contributed by atoms with Gasteiger partial charge in [-0.1, -0.05) is 23.7 Å². The molecule has 47 heavy (non-hydrogen) atoms. The number of nitrogens with zero attached hydrogens (tertiary/aromatic N) is 6. The van der Waals surface area contributed by atoms with Crippen molar-refractivity contribution in [3.8, 4) is 0 Å². The Labute approximate surface area is 281 Å². The number of hydrogen-bond acceptors (Lipinski definition) is 7. The number of amides is 2. The average molecular weight is 658 g/mol. The molecular formula is C36H44ClN7O3. The summed E-state index contributed by atoms with van der Waals surface area (Å²) < 4.78 is 7.56. The molecule has 2 aromatic carbocycles. The number of pyridine rings is 1. The average Bonchev–Trinajstić information content (AvgIpc) is 3.41. The van der Waals surface area contributed by atoms with Crippen LogP contribution in [0.3, 0.4) is 0 Å². The van der Waals surface area contributed by atoms with Crippen molar-refractivity contribution in [2.24, 2.45) is 5.92 Å². The summed E-state index contributed by atoms with van der Waals surface area (Å²) >= 11 is 6.08. The second kappa shape index (κ2) is 14.8. The summed E-state index contributed by atoms with van der Waals surface area (Å²) in [5, 5.41) is 9.54. The number of carbonyl (C=O) groups excluding carboxylic acids is 2. The minimum atomic E-state index is -0.116. The number of benzene rings is 2. The lowest BCUT2D eigenvalue weighted by Gasteiger charge is -2.34. The van der Waals surface area contributed by atoms with Crippen LogP contribution in [0.4, 0.5) is 17.1 Å². The van der Waals surface area contributed by atoms with Crippen LogP contribution in [-0.2, 0) is 16.1 Å². The van der Waals surface area contributed by atoms with E-state index < -0.39 is 0 Å². The molecule has 10 nitrogen and oxygen atoms in total. The van der Waals surface area contributed by atoms with Gasteiger partial charge in [0.2, 0.25) is 6.41 Å². The first kappa shape index (κ1) is 32.9. The molecule has 3 heterocycles. The van der Waals surface area contributed by atoms with Gasteiger partial charge in [0.25, 0.3) is 5.91 Å². The lowest BCUT2D eigenvalue weighted by Crippen LogP contribution is -2.39. The summed E-state index contributed by atoms with van der Waals surface area (Å²) in [5.41, 5.74) is 5.88. The molecule has 1 saturated carbocycles. The zero-order chi connectivity index (χ0) is 32.9. The van der Waals surface area contributed by atoms with Gasteiger partial charge in [-0.25, -0.2) is 0 Å². The summed E-state index contributed by atoms with van der Waals surface area (Å²) in [6, 6.07) is 16.0. The van der Waals surface area contributed by atoms with Crippen LogP contribution < -0.4 is 15.1 Å². The highest BCUT2D eigenvalue weighted by molar-refractivity contribution is 6.30. The molecule has 2 fully saturated rings. The Kier molecular flexibility index (Phi) is 10.4. The Bertz CT molecular complexity index is 1710. The summed E-state index contributed by atoms with van der Waals surface area (Å²) in [5.74, 6) is 0.359. The van der Waals surface area contributed by atoms with Gasteiger partial charge in [-0.15, -0.1) is 0 Å². The van der Waals surface area contributed by atoms with Crippen LogP contribution in [0.5, 0.6) is 0 Å². The van der Waals surface area contributed by atoms with E-state index in [1.165, 1.54) is 0 Å². The van der Waals surface area contributed by atoms with Crippen LogP contribution in [0.25, 0.3) is 10.9 Å². The molecule has 248 valence electrons. The van der Waals surface area contributed by atoms with E-state index in [4.69, 9.17) is 21.4 Å². The first-order chi connectivity index (χ1) is 22.8. The fourth-order valence-corrected chi connectivity index (χ4v) is 7.09. The van der Waals surface area contributed by atoms with Gasteiger partial charge in [0.05, 0.1) is 58.6 Å². The maximum Gasteiger partial charge on any atom is 0.253 e. The number of carbonyl (C=O) groups is 2. The summed E-state index contributed by atoms with van der Waals surface area (Å²) in [7, 11) is 2.09. The molecule has 1 saturated heterocycles. The summed E-state index contributed by atoms with van der Waals surface area (Å²) in [6.07, 6.45) is 6.31. The molecule has 1 aliphatic carbocycles. The maximum absolute atomic E-state index is 12.9. The molecular weight excluding hydrogens is 614 g/mol. The molecule has 2 amide bonds. The van der Waals surface area contributed by atoms with Gasteiger partial charge < -0.3 is 15.0 Å². The number of ether oxygens (including phenoxy) is 1. The molecule has 6 rings (SSSR count). The van der Waals surface area contributed by atoms with E-state index >= 15 is 0 Å². The normalized spacial score (nSPS) is 18.6. The van der Waals surface area contributed by atoms with Crippen molar-refractivity contribution in [2.45, 2.75) is 52.1 Å². The second-order valence-corrected chi connectivity index (χ2v) is 13.2. The van der Waals surface area contributed by atoms with E-state index in [0.717, 1.165) is 112 Å². The van der Waals surface area contributed by atoms with E-state index in [1.54, 1.807) is 17.2 Å². The molecule has 0 spiro atoms. The van der Waals surface area contributed by atoms with Gasteiger partial charge in [-0.05, 0) is 81.8 Å².